The molecule has 0 atom stereocenters. The minimum atomic E-state index is -1.05. The molecule has 5 nitrogen and oxygen atoms in total. The van der Waals surface area contributed by atoms with E-state index in [4.69, 9.17) is 14.3 Å². The van der Waals surface area contributed by atoms with Gasteiger partial charge in [-0.1, -0.05) is 6.07 Å². The first-order chi connectivity index (χ1) is 8.65. The number of hydrogen-bond donors (Lipinski definition) is 1. The highest BCUT2D eigenvalue weighted by Crippen LogP contribution is 2.19. The van der Waals surface area contributed by atoms with Crippen molar-refractivity contribution in [2.24, 2.45) is 0 Å². The molecule has 94 valence electrons. The quantitative estimate of drug-likeness (QED) is 0.880. The van der Waals surface area contributed by atoms with Crippen LogP contribution >= 0.6 is 0 Å². The minimum absolute atomic E-state index is 0.0329. The number of nitrogens with zero attached hydrogens (tertiary/aromatic N) is 1. The monoisotopic (exact) mass is 251 g/mol. The number of ether oxygens (including phenoxy) is 1. The Morgan fingerprint density at radius 3 is 3.06 bits per heavy atom. The van der Waals surface area contributed by atoms with Crippen molar-refractivity contribution in [1.29, 1.82) is 0 Å². The van der Waals surface area contributed by atoms with Gasteiger partial charge in [0.25, 0.3) is 0 Å². The van der Waals surface area contributed by atoms with Gasteiger partial charge in [-0.3, -0.25) is 0 Å². The Hall–Kier alpha value is -2.21. The second-order valence-electron chi connectivity index (χ2n) is 3.54. The highest BCUT2D eigenvalue weighted by atomic mass is 19.1. The highest BCUT2D eigenvalue weighted by molar-refractivity contribution is 5.68. The van der Waals surface area contributed by atoms with E-state index in [-0.39, 0.29) is 18.3 Å². The lowest BCUT2D eigenvalue weighted by Crippen LogP contribution is -2.06. The smallest absolute Gasteiger partial charge is 0.329 e. The highest BCUT2D eigenvalue weighted by Gasteiger charge is 2.08. The molecule has 1 heterocycles. The van der Waals surface area contributed by atoms with Gasteiger partial charge >= 0.3 is 5.97 Å². The van der Waals surface area contributed by atoms with Crippen molar-refractivity contribution in [1.82, 2.24) is 4.98 Å². The van der Waals surface area contributed by atoms with Gasteiger partial charge in [0.1, 0.15) is 24.4 Å². The number of carbonyl (C=O) groups is 1. The summed E-state index contributed by atoms with van der Waals surface area (Å²) >= 11 is 0. The van der Waals surface area contributed by atoms with Crippen molar-refractivity contribution >= 4 is 5.97 Å². The molecule has 18 heavy (non-hydrogen) atoms. The van der Waals surface area contributed by atoms with Crippen LogP contribution in [-0.4, -0.2) is 22.7 Å². The van der Waals surface area contributed by atoms with Crippen molar-refractivity contribution in [3.63, 3.8) is 0 Å². The molecule has 0 saturated heterocycles. The molecule has 1 N–H and O–H groups in total. The van der Waals surface area contributed by atoms with Crippen LogP contribution in [0.25, 0.3) is 11.5 Å². The molecular formula is C12H10FNO4. The van der Waals surface area contributed by atoms with Crippen LogP contribution in [0.3, 0.4) is 0 Å². The van der Waals surface area contributed by atoms with Gasteiger partial charge < -0.3 is 14.3 Å². The van der Waals surface area contributed by atoms with Gasteiger partial charge in [0, 0.05) is 5.56 Å². The molecule has 1 aromatic carbocycles. The summed E-state index contributed by atoms with van der Waals surface area (Å²) in [6.45, 7) is -0.368. The largest absolute Gasteiger partial charge is 0.480 e. The van der Waals surface area contributed by atoms with Crippen LogP contribution in [-0.2, 0) is 16.1 Å². The molecule has 2 rings (SSSR count). The van der Waals surface area contributed by atoms with Crippen LogP contribution in [0.15, 0.2) is 34.9 Å². The number of hydrogen-bond acceptors (Lipinski definition) is 4. The summed E-state index contributed by atoms with van der Waals surface area (Å²) in [6.07, 6.45) is 1.35. The molecule has 6 heteroatoms. The first-order valence-electron chi connectivity index (χ1n) is 5.15. The molecule has 0 aliphatic heterocycles. The predicted octanol–water partition coefficient (Wildman–Crippen LogP) is 2.08. The Morgan fingerprint density at radius 1 is 1.50 bits per heavy atom. The SMILES string of the molecule is O=C(O)COCc1coc(-c2cccc(F)c2)n1. The third kappa shape index (κ3) is 3.14. The molecule has 0 aliphatic rings. The van der Waals surface area contributed by atoms with Gasteiger partial charge in [-0.25, -0.2) is 14.2 Å². The van der Waals surface area contributed by atoms with E-state index >= 15 is 0 Å². The number of aromatic nitrogens is 1. The molecular weight excluding hydrogens is 241 g/mol. The van der Waals surface area contributed by atoms with Gasteiger partial charge in [0.15, 0.2) is 0 Å². The van der Waals surface area contributed by atoms with Crippen LogP contribution in [0.2, 0.25) is 0 Å². The van der Waals surface area contributed by atoms with Crippen molar-refractivity contribution in [2.75, 3.05) is 6.61 Å². The normalized spacial score (nSPS) is 10.5. The fourth-order valence-electron chi connectivity index (χ4n) is 1.37. The van der Waals surface area contributed by atoms with Crippen molar-refractivity contribution in [3.8, 4) is 11.5 Å². The Bertz CT molecular complexity index is 553. The summed E-state index contributed by atoms with van der Waals surface area (Å²) < 4.78 is 23.0. The number of aliphatic carboxylic acids is 1. The van der Waals surface area contributed by atoms with E-state index in [1.54, 1.807) is 12.1 Å². The molecule has 0 saturated carbocycles. The Morgan fingerprint density at radius 2 is 2.33 bits per heavy atom. The van der Waals surface area contributed by atoms with E-state index in [0.717, 1.165) is 0 Å². The third-order valence-corrected chi connectivity index (χ3v) is 2.10. The van der Waals surface area contributed by atoms with Crippen LogP contribution in [0.5, 0.6) is 0 Å². The maximum Gasteiger partial charge on any atom is 0.329 e. The van der Waals surface area contributed by atoms with E-state index in [1.807, 2.05) is 0 Å². The van der Waals surface area contributed by atoms with E-state index in [1.165, 1.54) is 18.4 Å². The number of oxazole rings is 1. The molecule has 0 radical (unpaired) electrons. The Kier molecular flexibility index (Phi) is 3.69. The average molecular weight is 251 g/mol. The zero-order chi connectivity index (χ0) is 13.0. The molecule has 0 bridgehead atoms. The summed E-state index contributed by atoms with van der Waals surface area (Å²) in [6, 6.07) is 5.84. The first kappa shape index (κ1) is 12.3. The molecule has 0 fully saturated rings. The summed E-state index contributed by atoms with van der Waals surface area (Å²) in [5.41, 5.74) is 0.968. The fraction of sp³-hybridized carbons (Fsp3) is 0.167. The fourth-order valence-corrected chi connectivity index (χ4v) is 1.37. The number of carboxylic acid groups (broad SMARTS) is 1. The maximum atomic E-state index is 13.0. The second kappa shape index (κ2) is 5.42. The van der Waals surface area contributed by atoms with Crippen LogP contribution in [0, 0.1) is 5.82 Å². The van der Waals surface area contributed by atoms with E-state index < -0.39 is 12.6 Å². The lowest BCUT2D eigenvalue weighted by Gasteiger charge is -1.96. The van der Waals surface area contributed by atoms with Gasteiger partial charge in [-0.15, -0.1) is 0 Å². The number of benzene rings is 1. The Labute approximate surface area is 102 Å². The van der Waals surface area contributed by atoms with E-state index in [2.05, 4.69) is 4.98 Å². The maximum absolute atomic E-state index is 13.0. The van der Waals surface area contributed by atoms with Gasteiger partial charge in [0.05, 0.1) is 6.61 Å². The third-order valence-electron chi connectivity index (χ3n) is 2.10. The van der Waals surface area contributed by atoms with Crippen LogP contribution in [0.1, 0.15) is 5.69 Å². The van der Waals surface area contributed by atoms with E-state index in [9.17, 15) is 9.18 Å². The summed E-state index contributed by atoms with van der Waals surface area (Å²) in [5.74, 6) is -1.17. The van der Waals surface area contributed by atoms with Crippen LogP contribution < -0.4 is 0 Å². The molecule has 0 spiro atoms. The second-order valence-corrected chi connectivity index (χ2v) is 3.54. The van der Waals surface area contributed by atoms with Crippen LogP contribution in [0.4, 0.5) is 4.39 Å². The first-order valence-corrected chi connectivity index (χ1v) is 5.15. The molecule has 0 amide bonds. The standard InChI is InChI=1S/C12H10FNO4/c13-9-3-1-2-8(4-9)12-14-10(6-18-12)5-17-7-11(15)16/h1-4,6H,5,7H2,(H,15,16). The molecule has 0 unspecified atom stereocenters. The lowest BCUT2D eigenvalue weighted by molar-refractivity contribution is -0.142. The number of carboxylic acids is 1. The van der Waals surface area contributed by atoms with Gasteiger partial charge in [0.2, 0.25) is 5.89 Å². The molecule has 2 aromatic rings. The summed E-state index contributed by atoms with van der Waals surface area (Å²) in [5, 5.41) is 8.39. The number of halogens is 1. The minimum Gasteiger partial charge on any atom is -0.480 e. The van der Waals surface area contributed by atoms with E-state index in [0.29, 0.717) is 11.3 Å². The van der Waals surface area contributed by atoms with Gasteiger partial charge in [-0.05, 0) is 18.2 Å². The average Bonchev–Trinajstić information content (AvgIpc) is 2.77. The molecule has 0 aliphatic carbocycles. The predicted molar refractivity (Wildman–Crippen MR) is 59.2 cm³/mol. The molecule has 1 aromatic heterocycles. The van der Waals surface area contributed by atoms with Gasteiger partial charge in [-0.2, -0.15) is 0 Å². The van der Waals surface area contributed by atoms with Crippen molar-refractivity contribution in [2.45, 2.75) is 6.61 Å². The van der Waals surface area contributed by atoms with Crippen molar-refractivity contribution in [3.05, 3.63) is 42.0 Å². The lowest BCUT2D eigenvalue weighted by atomic mass is 10.2. The zero-order valence-corrected chi connectivity index (χ0v) is 9.30. The number of rotatable bonds is 5. The topological polar surface area (TPSA) is 72.6 Å². The zero-order valence-electron chi connectivity index (χ0n) is 9.30. The summed E-state index contributed by atoms with van der Waals surface area (Å²) in [4.78, 5) is 14.3. The summed E-state index contributed by atoms with van der Waals surface area (Å²) in [7, 11) is 0. The Balaban J connectivity index is 2.04. The van der Waals surface area contributed by atoms with Crippen molar-refractivity contribution < 1.29 is 23.4 Å².